The maximum absolute atomic E-state index is 12.4. The van der Waals surface area contributed by atoms with E-state index >= 15 is 0 Å². The van der Waals surface area contributed by atoms with Gasteiger partial charge in [-0.1, -0.05) is 11.6 Å². The normalized spacial score (nSPS) is 14.4. The maximum Gasteiger partial charge on any atom is 0.291 e. The molecule has 3 N–H and O–H groups in total. The zero-order valence-corrected chi connectivity index (χ0v) is 15.0. The Morgan fingerprint density at radius 2 is 1.88 bits per heavy atom. The molecule has 0 atom stereocenters. The molecule has 1 aliphatic rings. The first kappa shape index (κ1) is 19.3. The number of halogens is 2. The molecule has 0 radical (unpaired) electrons. The summed E-state index contributed by atoms with van der Waals surface area (Å²) in [6.07, 6.45) is 3.02. The van der Waals surface area contributed by atoms with Crippen LogP contribution in [0, 0.1) is 5.92 Å². The fourth-order valence-corrected chi connectivity index (χ4v) is 2.81. The van der Waals surface area contributed by atoms with Gasteiger partial charge in [0.2, 0.25) is 5.91 Å². The van der Waals surface area contributed by atoms with Crippen LogP contribution in [0.5, 0.6) is 0 Å². The lowest BCUT2D eigenvalue weighted by Gasteiger charge is -2.22. The molecule has 25 heavy (non-hydrogen) atoms. The fourth-order valence-electron chi connectivity index (χ4n) is 2.64. The first-order valence-corrected chi connectivity index (χ1v) is 8.17. The summed E-state index contributed by atoms with van der Waals surface area (Å²) in [6, 6.07) is 8.14. The molecule has 1 aromatic heterocycles. The van der Waals surface area contributed by atoms with Crippen LogP contribution >= 0.6 is 24.0 Å². The van der Waals surface area contributed by atoms with Gasteiger partial charge in [-0.3, -0.25) is 9.59 Å². The standard InChI is InChI=1S/C17H18ClN3O3.ClH/c18-12-3-4-13(20-16(22)11-5-7-19-8-6-11)14(10-12)21-17(23)15-2-1-9-24-15;/h1-4,9-11,19H,5-8H2,(H,20,22)(H,21,23);1H. The molecule has 1 aromatic carbocycles. The lowest BCUT2D eigenvalue weighted by molar-refractivity contribution is -0.120. The van der Waals surface area contributed by atoms with Gasteiger partial charge in [0, 0.05) is 10.9 Å². The molecule has 0 aliphatic carbocycles. The summed E-state index contributed by atoms with van der Waals surface area (Å²) in [5.74, 6) is -0.298. The van der Waals surface area contributed by atoms with Crippen molar-refractivity contribution >= 4 is 47.2 Å². The molecule has 0 saturated carbocycles. The Morgan fingerprint density at radius 1 is 1.12 bits per heavy atom. The van der Waals surface area contributed by atoms with Crippen LogP contribution < -0.4 is 16.0 Å². The van der Waals surface area contributed by atoms with Gasteiger partial charge in [-0.2, -0.15) is 0 Å². The Balaban J connectivity index is 0.00000225. The molecular weight excluding hydrogens is 365 g/mol. The maximum atomic E-state index is 12.4. The predicted molar refractivity (Wildman–Crippen MR) is 99.6 cm³/mol. The Hall–Kier alpha value is -2.02. The van der Waals surface area contributed by atoms with Gasteiger partial charge in [-0.15, -0.1) is 12.4 Å². The summed E-state index contributed by atoms with van der Waals surface area (Å²) >= 11 is 6.01. The van der Waals surface area contributed by atoms with Gasteiger partial charge >= 0.3 is 0 Å². The highest BCUT2D eigenvalue weighted by Crippen LogP contribution is 2.27. The molecule has 2 aromatic rings. The molecule has 134 valence electrons. The first-order chi connectivity index (χ1) is 11.6. The van der Waals surface area contributed by atoms with E-state index in [4.69, 9.17) is 16.0 Å². The van der Waals surface area contributed by atoms with Gasteiger partial charge in [0.05, 0.1) is 17.6 Å². The van der Waals surface area contributed by atoms with Crippen molar-refractivity contribution in [2.45, 2.75) is 12.8 Å². The van der Waals surface area contributed by atoms with E-state index in [0.717, 1.165) is 25.9 Å². The lowest BCUT2D eigenvalue weighted by atomic mass is 9.97. The molecular formula is C17H19Cl2N3O3. The van der Waals surface area contributed by atoms with Crippen molar-refractivity contribution in [2.75, 3.05) is 23.7 Å². The monoisotopic (exact) mass is 383 g/mol. The van der Waals surface area contributed by atoms with Gasteiger partial charge in [0.25, 0.3) is 5.91 Å². The molecule has 2 heterocycles. The number of piperidine rings is 1. The molecule has 3 rings (SSSR count). The van der Waals surface area contributed by atoms with Crippen LogP contribution in [0.2, 0.25) is 5.02 Å². The third kappa shape index (κ3) is 4.98. The second kappa shape index (κ2) is 8.89. The van der Waals surface area contributed by atoms with Crippen LogP contribution in [0.1, 0.15) is 23.4 Å². The topological polar surface area (TPSA) is 83.4 Å². The highest BCUT2D eigenvalue weighted by Gasteiger charge is 2.22. The Labute approximate surface area is 156 Å². The number of hydrogen-bond acceptors (Lipinski definition) is 4. The number of nitrogens with one attached hydrogen (secondary N) is 3. The van der Waals surface area contributed by atoms with E-state index in [1.54, 1.807) is 30.3 Å². The Bertz CT molecular complexity index is 729. The Kier molecular flexibility index (Phi) is 6.87. The third-order valence-corrected chi connectivity index (χ3v) is 4.18. The lowest BCUT2D eigenvalue weighted by Crippen LogP contribution is -2.34. The zero-order valence-electron chi connectivity index (χ0n) is 13.4. The van der Waals surface area contributed by atoms with Crippen molar-refractivity contribution in [3.63, 3.8) is 0 Å². The summed E-state index contributed by atoms with van der Waals surface area (Å²) in [7, 11) is 0. The van der Waals surface area contributed by atoms with Crippen LogP contribution in [0.4, 0.5) is 11.4 Å². The molecule has 1 saturated heterocycles. The smallest absolute Gasteiger partial charge is 0.291 e. The van der Waals surface area contributed by atoms with E-state index in [0.29, 0.717) is 16.4 Å². The number of hydrogen-bond donors (Lipinski definition) is 3. The van der Waals surface area contributed by atoms with Crippen molar-refractivity contribution in [1.29, 1.82) is 0 Å². The summed E-state index contributed by atoms with van der Waals surface area (Å²) in [5.41, 5.74) is 0.953. The summed E-state index contributed by atoms with van der Waals surface area (Å²) < 4.78 is 5.07. The SMILES string of the molecule is Cl.O=C(Nc1cc(Cl)ccc1NC(=O)C1CCNCC1)c1ccco1. The highest BCUT2D eigenvalue weighted by atomic mass is 35.5. The third-order valence-electron chi connectivity index (χ3n) is 3.94. The second-order valence-corrected chi connectivity index (χ2v) is 6.07. The number of carbonyl (C=O) groups is 2. The molecule has 0 bridgehead atoms. The van der Waals surface area contributed by atoms with Crippen molar-refractivity contribution < 1.29 is 14.0 Å². The number of benzene rings is 1. The van der Waals surface area contributed by atoms with Gasteiger partial charge in [0.15, 0.2) is 5.76 Å². The first-order valence-electron chi connectivity index (χ1n) is 7.79. The number of anilines is 2. The van der Waals surface area contributed by atoms with Gasteiger partial charge in [-0.25, -0.2) is 0 Å². The molecule has 2 amide bonds. The van der Waals surface area contributed by atoms with E-state index in [1.165, 1.54) is 6.26 Å². The molecule has 0 unspecified atom stereocenters. The molecule has 6 nitrogen and oxygen atoms in total. The van der Waals surface area contributed by atoms with Gasteiger partial charge in [0.1, 0.15) is 0 Å². The van der Waals surface area contributed by atoms with Gasteiger partial charge < -0.3 is 20.4 Å². The highest BCUT2D eigenvalue weighted by molar-refractivity contribution is 6.31. The average molecular weight is 384 g/mol. The van der Waals surface area contributed by atoms with Crippen molar-refractivity contribution in [1.82, 2.24) is 5.32 Å². The number of carbonyl (C=O) groups excluding carboxylic acids is 2. The van der Waals surface area contributed by atoms with Crippen LogP contribution in [-0.4, -0.2) is 24.9 Å². The molecule has 1 aliphatic heterocycles. The summed E-state index contributed by atoms with van der Waals surface area (Å²) in [5, 5.41) is 9.30. The quantitative estimate of drug-likeness (QED) is 0.753. The van der Waals surface area contributed by atoms with Crippen molar-refractivity contribution in [2.24, 2.45) is 5.92 Å². The largest absolute Gasteiger partial charge is 0.459 e. The summed E-state index contributed by atoms with van der Waals surface area (Å²) in [6.45, 7) is 1.67. The van der Waals surface area contributed by atoms with Gasteiger partial charge in [-0.05, 0) is 56.3 Å². The molecule has 8 heteroatoms. The van der Waals surface area contributed by atoms with E-state index in [1.807, 2.05) is 0 Å². The minimum Gasteiger partial charge on any atom is -0.459 e. The van der Waals surface area contributed by atoms with E-state index in [-0.39, 0.29) is 30.0 Å². The van der Waals surface area contributed by atoms with Crippen LogP contribution in [0.15, 0.2) is 41.0 Å². The van der Waals surface area contributed by atoms with E-state index in [2.05, 4.69) is 16.0 Å². The van der Waals surface area contributed by atoms with E-state index < -0.39 is 5.91 Å². The molecule has 1 fully saturated rings. The predicted octanol–water partition coefficient (Wildman–Crippen LogP) is 3.55. The number of amides is 2. The zero-order chi connectivity index (χ0) is 16.9. The van der Waals surface area contributed by atoms with Crippen LogP contribution in [0.3, 0.4) is 0 Å². The summed E-state index contributed by atoms with van der Waals surface area (Å²) in [4.78, 5) is 24.6. The molecule has 0 spiro atoms. The van der Waals surface area contributed by atoms with Crippen molar-refractivity contribution in [3.8, 4) is 0 Å². The fraction of sp³-hybridized carbons (Fsp3) is 0.294. The Morgan fingerprint density at radius 3 is 2.56 bits per heavy atom. The average Bonchev–Trinajstić information content (AvgIpc) is 3.13. The minimum atomic E-state index is -0.403. The second-order valence-electron chi connectivity index (χ2n) is 5.63. The number of furan rings is 1. The van der Waals surface area contributed by atoms with E-state index in [9.17, 15) is 9.59 Å². The van der Waals surface area contributed by atoms with Crippen LogP contribution in [-0.2, 0) is 4.79 Å². The number of rotatable bonds is 4. The van der Waals surface area contributed by atoms with Crippen LogP contribution in [0.25, 0.3) is 0 Å². The minimum absolute atomic E-state index is 0. The van der Waals surface area contributed by atoms with Crippen molar-refractivity contribution in [3.05, 3.63) is 47.4 Å².